The molecule has 0 unspecified atom stereocenters. The zero-order chi connectivity index (χ0) is 32.7. The average Bonchev–Trinajstić information content (AvgIpc) is 3.38. The zero-order valence-corrected chi connectivity index (χ0v) is 30.9. The van der Waals surface area contributed by atoms with Crippen LogP contribution in [0.25, 0.3) is 0 Å². The molecule has 0 aromatic rings. The Labute approximate surface area is 281 Å². The van der Waals surface area contributed by atoms with E-state index < -0.39 is 11.2 Å². The Morgan fingerprint density at radius 3 is 1.26 bits per heavy atom. The Morgan fingerprint density at radius 1 is 0.500 bits per heavy atom. The van der Waals surface area contributed by atoms with Gasteiger partial charge in [-0.2, -0.15) is 10.2 Å². The number of aliphatic hydroxyl groups is 2. The molecule has 2 N–H and O–H groups in total. The molecule has 4 heteroatoms. The second-order valence-corrected chi connectivity index (χ2v) is 20.7. The first-order valence-corrected chi connectivity index (χ1v) is 20.1. The van der Waals surface area contributed by atoms with Crippen LogP contribution >= 0.6 is 0 Å². The van der Waals surface area contributed by atoms with Gasteiger partial charge in [0.1, 0.15) is 0 Å². The molecule has 0 radical (unpaired) electrons. The zero-order valence-electron chi connectivity index (χ0n) is 30.9. The Balaban J connectivity index is 0.969. The van der Waals surface area contributed by atoms with Gasteiger partial charge in [0.2, 0.25) is 0 Å². The summed E-state index contributed by atoms with van der Waals surface area (Å²) in [4.78, 5) is 0. The molecule has 8 aliphatic carbocycles. The highest BCUT2D eigenvalue weighted by molar-refractivity contribution is 5.91. The molecule has 0 saturated heterocycles. The molecule has 16 atom stereocenters. The van der Waals surface area contributed by atoms with E-state index in [4.69, 9.17) is 10.2 Å². The molecule has 0 aromatic heterocycles. The SMILES string of the molecule is C[C@@H]1C[C@@]2(C)[C@@H](CC[C@@H]3[C@@H]2CC[C@@]2(C)[C@H]3CC[C@]2(C)O)CC1=N/N=C1\C[C@@H]2CC[C@@H]3[C@H](CC[C@@]4(C)[C@H]3CC[C@]4(C)O)[C@@]2(C)C[C@H]1C. The van der Waals surface area contributed by atoms with E-state index in [1.54, 1.807) is 0 Å². The van der Waals surface area contributed by atoms with Crippen molar-refractivity contribution in [1.82, 2.24) is 0 Å². The molecule has 0 aliphatic heterocycles. The minimum Gasteiger partial charge on any atom is -0.390 e. The molecule has 0 aromatic carbocycles. The monoisotopic (exact) mass is 633 g/mol. The van der Waals surface area contributed by atoms with Gasteiger partial charge in [0, 0.05) is 11.4 Å². The quantitative estimate of drug-likeness (QED) is 0.283. The van der Waals surface area contributed by atoms with Gasteiger partial charge in [-0.3, -0.25) is 0 Å². The molecule has 0 spiro atoms. The van der Waals surface area contributed by atoms with Gasteiger partial charge in [0.05, 0.1) is 11.2 Å². The van der Waals surface area contributed by atoms with Crippen molar-refractivity contribution in [2.75, 3.05) is 0 Å². The highest BCUT2D eigenvalue weighted by Crippen LogP contribution is 2.70. The third-order valence-corrected chi connectivity index (χ3v) is 19.1. The van der Waals surface area contributed by atoms with E-state index in [9.17, 15) is 10.2 Å². The lowest BCUT2D eigenvalue weighted by molar-refractivity contribution is -0.142. The largest absolute Gasteiger partial charge is 0.390 e. The van der Waals surface area contributed by atoms with Gasteiger partial charge in [-0.15, -0.1) is 0 Å². The fraction of sp³-hybridized carbons (Fsp3) is 0.952. The van der Waals surface area contributed by atoms with Crippen molar-refractivity contribution in [1.29, 1.82) is 0 Å². The molecule has 0 amide bonds. The molecule has 46 heavy (non-hydrogen) atoms. The molecule has 8 fully saturated rings. The van der Waals surface area contributed by atoms with Crippen LogP contribution in [0.5, 0.6) is 0 Å². The summed E-state index contributed by atoms with van der Waals surface area (Å²) in [5.74, 6) is 7.15. The highest BCUT2D eigenvalue weighted by Gasteiger charge is 2.65. The van der Waals surface area contributed by atoms with Crippen molar-refractivity contribution < 1.29 is 10.2 Å². The Kier molecular flexibility index (Phi) is 7.34. The fourth-order valence-corrected chi connectivity index (χ4v) is 15.7. The van der Waals surface area contributed by atoms with Crippen LogP contribution in [0.4, 0.5) is 0 Å². The molecule has 0 bridgehead atoms. The third-order valence-electron chi connectivity index (χ3n) is 19.1. The topological polar surface area (TPSA) is 65.2 Å². The third kappa shape index (κ3) is 4.29. The van der Waals surface area contributed by atoms with E-state index in [1.807, 2.05) is 0 Å². The molecular weight excluding hydrogens is 564 g/mol. The van der Waals surface area contributed by atoms with Crippen LogP contribution in [0, 0.1) is 80.8 Å². The normalized spacial score (nSPS) is 61.3. The van der Waals surface area contributed by atoms with Crippen LogP contribution in [-0.2, 0) is 0 Å². The summed E-state index contributed by atoms with van der Waals surface area (Å²) < 4.78 is 0. The summed E-state index contributed by atoms with van der Waals surface area (Å²) in [7, 11) is 0. The fourth-order valence-electron chi connectivity index (χ4n) is 15.7. The van der Waals surface area contributed by atoms with Crippen LogP contribution in [0.3, 0.4) is 0 Å². The molecule has 4 nitrogen and oxygen atoms in total. The van der Waals surface area contributed by atoms with Crippen LogP contribution in [0.1, 0.15) is 158 Å². The first-order chi connectivity index (χ1) is 21.5. The maximum atomic E-state index is 11.3. The van der Waals surface area contributed by atoms with E-state index in [1.165, 1.54) is 88.5 Å². The Hall–Kier alpha value is -0.740. The summed E-state index contributed by atoms with van der Waals surface area (Å²) in [6.45, 7) is 19.4. The predicted octanol–water partition coefficient (Wildman–Crippen LogP) is 9.86. The van der Waals surface area contributed by atoms with E-state index >= 15 is 0 Å². The van der Waals surface area contributed by atoms with Crippen molar-refractivity contribution in [3.05, 3.63) is 0 Å². The average molecular weight is 633 g/mol. The summed E-state index contributed by atoms with van der Waals surface area (Å²) in [6, 6.07) is 0. The summed E-state index contributed by atoms with van der Waals surface area (Å²) >= 11 is 0. The maximum absolute atomic E-state index is 11.3. The molecule has 258 valence electrons. The molecule has 0 heterocycles. The predicted molar refractivity (Wildman–Crippen MR) is 189 cm³/mol. The lowest BCUT2D eigenvalue weighted by Crippen LogP contribution is -2.57. The lowest BCUT2D eigenvalue weighted by atomic mass is 9.43. The molecule has 8 saturated carbocycles. The van der Waals surface area contributed by atoms with Crippen molar-refractivity contribution in [2.24, 2.45) is 91.0 Å². The smallest absolute Gasteiger partial charge is 0.0675 e. The Bertz CT molecular complexity index is 1200. The van der Waals surface area contributed by atoms with E-state index in [-0.39, 0.29) is 10.8 Å². The number of hydrogen-bond acceptors (Lipinski definition) is 4. The molecule has 8 aliphatic rings. The van der Waals surface area contributed by atoms with Gasteiger partial charge >= 0.3 is 0 Å². The van der Waals surface area contributed by atoms with Gasteiger partial charge in [0.25, 0.3) is 0 Å². The summed E-state index contributed by atoms with van der Waals surface area (Å²) in [5.41, 5.74) is 2.86. The minimum atomic E-state index is -0.484. The molecule has 8 rings (SSSR count). The highest BCUT2D eigenvalue weighted by atomic mass is 16.3. The first kappa shape index (κ1) is 32.5. The second-order valence-electron chi connectivity index (χ2n) is 20.7. The van der Waals surface area contributed by atoms with Crippen LogP contribution in [0.15, 0.2) is 10.2 Å². The van der Waals surface area contributed by atoms with Crippen LogP contribution in [0.2, 0.25) is 0 Å². The van der Waals surface area contributed by atoms with Crippen molar-refractivity contribution in [3.63, 3.8) is 0 Å². The van der Waals surface area contributed by atoms with Gasteiger partial charge in [-0.25, -0.2) is 0 Å². The lowest BCUT2D eigenvalue weighted by Gasteiger charge is -2.62. The van der Waals surface area contributed by atoms with Gasteiger partial charge < -0.3 is 10.2 Å². The number of hydrogen-bond donors (Lipinski definition) is 2. The van der Waals surface area contributed by atoms with Crippen LogP contribution in [-0.4, -0.2) is 32.8 Å². The van der Waals surface area contributed by atoms with Gasteiger partial charge in [-0.1, -0.05) is 41.5 Å². The molecular formula is C42H68N2O2. The maximum Gasteiger partial charge on any atom is 0.0675 e. The number of fused-ring (bicyclic) bond motifs is 10. The van der Waals surface area contributed by atoms with Crippen LogP contribution < -0.4 is 0 Å². The van der Waals surface area contributed by atoms with Crippen molar-refractivity contribution in [2.45, 2.75) is 169 Å². The summed E-state index contributed by atoms with van der Waals surface area (Å²) in [6.07, 6.45) is 19.7. The van der Waals surface area contributed by atoms with E-state index in [0.29, 0.717) is 34.5 Å². The standard InChI is InChI=1S/C42H68N2O2/c1-25-23-37(3)27(9-11-29-31(37)13-17-39(5)33(29)15-19-41(39,7)45)21-35(25)43-44-36-22-28-10-12-30-32(38(28,4)24-26(36)2)14-18-40(6)34(30)16-20-42(40,8)46/h25-34,45-46H,9-24H2,1-8H3/b43-35+,44-36?/t25-,26-,27+,28+,29-,30-,31+,32+,33+,34+,37+,38+,39+,40+,41+,42+/m1/s1. The summed E-state index contributed by atoms with van der Waals surface area (Å²) in [5, 5.41) is 33.1. The number of rotatable bonds is 1. The first-order valence-electron chi connectivity index (χ1n) is 20.1. The van der Waals surface area contributed by atoms with Gasteiger partial charge in [0.15, 0.2) is 0 Å². The Morgan fingerprint density at radius 2 is 0.870 bits per heavy atom. The van der Waals surface area contributed by atoms with E-state index in [2.05, 4.69) is 55.4 Å². The number of nitrogens with zero attached hydrogens (tertiary/aromatic N) is 2. The van der Waals surface area contributed by atoms with Gasteiger partial charge in [-0.05, 0) is 197 Å². The van der Waals surface area contributed by atoms with Crippen molar-refractivity contribution in [3.8, 4) is 0 Å². The minimum absolute atomic E-state index is 0.112. The van der Waals surface area contributed by atoms with Crippen molar-refractivity contribution >= 4 is 11.4 Å². The second kappa shape index (κ2) is 10.4. The van der Waals surface area contributed by atoms with E-state index in [0.717, 1.165) is 61.2 Å².